The van der Waals surface area contributed by atoms with Gasteiger partial charge in [-0.15, -0.1) is 0 Å². The lowest BCUT2D eigenvalue weighted by Gasteiger charge is -2.14. The molecule has 1 aromatic heterocycles. The zero-order chi connectivity index (χ0) is 22.4. The molecule has 5 N–H and O–H groups in total. The average Bonchev–Trinajstić information content (AvgIpc) is 2.74. The molecule has 3 rings (SSSR count). The van der Waals surface area contributed by atoms with E-state index >= 15 is 0 Å². The van der Waals surface area contributed by atoms with Crippen LogP contribution in [0.2, 0.25) is 0 Å². The number of ether oxygens (including phenoxy) is 2. The van der Waals surface area contributed by atoms with E-state index in [0.29, 0.717) is 29.4 Å². The summed E-state index contributed by atoms with van der Waals surface area (Å²) in [4.78, 5) is 20.2. The van der Waals surface area contributed by atoms with Crippen molar-refractivity contribution in [3.05, 3.63) is 53.6 Å². The van der Waals surface area contributed by atoms with Gasteiger partial charge in [-0.1, -0.05) is 17.7 Å². The molecule has 0 saturated heterocycles. The fraction of sp³-hybridized carbons (Fsp3) is 0.182. The summed E-state index contributed by atoms with van der Waals surface area (Å²) in [7, 11) is 0. The summed E-state index contributed by atoms with van der Waals surface area (Å²) in [5.74, 6) is 0.410. The standard InChI is InChI=1S/C22H22N6O3/c1-3-30-18-10-14(20-16(11-23)21(24)28-22(25)27-20)6-9-17(18)31-12-19(29)26-15-7-4-13(2)5-8-15/h4-10H,3,12H2,1-2H3,(H,26,29)(H4,24,25,27,28). The lowest BCUT2D eigenvalue weighted by Crippen LogP contribution is -2.20. The molecule has 0 atom stereocenters. The van der Waals surface area contributed by atoms with Crippen molar-refractivity contribution < 1.29 is 14.3 Å². The summed E-state index contributed by atoms with van der Waals surface area (Å²) in [6, 6.07) is 14.4. The molecule has 0 aliphatic heterocycles. The molecule has 31 heavy (non-hydrogen) atoms. The minimum atomic E-state index is -0.307. The first-order valence-corrected chi connectivity index (χ1v) is 9.51. The number of carbonyl (C=O) groups is 1. The van der Waals surface area contributed by atoms with Crippen molar-refractivity contribution in [2.45, 2.75) is 13.8 Å². The molecule has 0 aliphatic carbocycles. The maximum Gasteiger partial charge on any atom is 0.262 e. The number of nitriles is 1. The topological polar surface area (TPSA) is 149 Å². The lowest BCUT2D eigenvalue weighted by atomic mass is 10.1. The van der Waals surface area contributed by atoms with E-state index < -0.39 is 0 Å². The molecule has 0 bridgehead atoms. The number of carbonyl (C=O) groups excluding carboxylic acids is 1. The molecule has 0 radical (unpaired) electrons. The van der Waals surface area contributed by atoms with Crippen LogP contribution in [0.1, 0.15) is 18.1 Å². The smallest absolute Gasteiger partial charge is 0.262 e. The maximum atomic E-state index is 12.2. The lowest BCUT2D eigenvalue weighted by molar-refractivity contribution is -0.118. The summed E-state index contributed by atoms with van der Waals surface area (Å²) in [6.45, 7) is 3.96. The number of hydrogen-bond donors (Lipinski definition) is 3. The Morgan fingerprint density at radius 3 is 2.52 bits per heavy atom. The average molecular weight is 418 g/mol. The highest BCUT2D eigenvalue weighted by Gasteiger charge is 2.16. The van der Waals surface area contributed by atoms with Gasteiger partial charge in [-0.25, -0.2) is 4.98 Å². The Balaban J connectivity index is 1.80. The van der Waals surface area contributed by atoms with Gasteiger partial charge in [-0.2, -0.15) is 10.2 Å². The van der Waals surface area contributed by atoms with Crippen LogP contribution in [0.15, 0.2) is 42.5 Å². The Kier molecular flexibility index (Phi) is 6.52. The van der Waals surface area contributed by atoms with Gasteiger partial charge in [-0.3, -0.25) is 4.79 Å². The van der Waals surface area contributed by atoms with Gasteiger partial charge >= 0.3 is 0 Å². The van der Waals surface area contributed by atoms with Crippen molar-refractivity contribution in [1.82, 2.24) is 9.97 Å². The van der Waals surface area contributed by atoms with Gasteiger partial charge in [0.2, 0.25) is 5.95 Å². The normalized spacial score (nSPS) is 10.2. The van der Waals surface area contributed by atoms with Gasteiger partial charge in [0.15, 0.2) is 18.1 Å². The van der Waals surface area contributed by atoms with Crippen LogP contribution >= 0.6 is 0 Å². The Hall–Kier alpha value is -4.32. The molecule has 2 aromatic carbocycles. The third-order valence-electron chi connectivity index (χ3n) is 4.28. The van der Waals surface area contributed by atoms with E-state index in [1.165, 1.54) is 0 Å². The number of aryl methyl sites for hydroxylation is 1. The fourth-order valence-corrected chi connectivity index (χ4v) is 2.84. The molecule has 9 nitrogen and oxygen atoms in total. The second kappa shape index (κ2) is 9.45. The molecule has 1 amide bonds. The van der Waals surface area contributed by atoms with E-state index in [1.807, 2.05) is 44.2 Å². The minimum Gasteiger partial charge on any atom is -0.490 e. The number of nitrogens with zero attached hydrogens (tertiary/aromatic N) is 3. The molecule has 0 fully saturated rings. The molecule has 0 spiro atoms. The Bertz CT molecular complexity index is 1140. The monoisotopic (exact) mass is 418 g/mol. The molecule has 1 heterocycles. The molecule has 158 valence electrons. The number of aromatic nitrogens is 2. The van der Waals surface area contributed by atoms with Crippen molar-refractivity contribution in [3.63, 3.8) is 0 Å². The molecule has 0 saturated carbocycles. The first kappa shape index (κ1) is 21.4. The van der Waals surface area contributed by atoms with Gasteiger partial charge in [0.1, 0.15) is 17.5 Å². The third-order valence-corrected chi connectivity index (χ3v) is 4.28. The molecular weight excluding hydrogens is 396 g/mol. The number of benzene rings is 2. The first-order chi connectivity index (χ1) is 14.9. The van der Waals surface area contributed by atoms with Crippen LogP contribution in [0.4, 0.5) is 17.5 Å². The number of nitrogens with two attached hydrogens (primary N) is 2. The maximum absolute atomic E-state index is 12.2. The highest BCUT2D eigenvalue weighted by Crippen LogP contribution is 2.34. The molecule has 3 aromatic rings. The second-order valence-electron chi connectivity index (χ2n) is 6.60. The van der Waals surface area contributed by atoms with E-state index in [-0.39, 0.29) is 35.5 Å². The first-order valence-electron chi connectivity index (χ1n) is 9.51. The van der Waals surface area contributed by atoms with Gasteiger partial charge in [0.25, 0.3) is 5.91 Å². The summed E-state index contributed by atoms with van der Waals surface area (Å²) >= 11 is 0. The minimum absolute atomic E-state index is 0.00365. The number of hydrogen-bond acceptors (Lipinski definition) is 8. The van der Waals surface area contributed by atoms with Crippen LogP contribution in [-0.4, -0.2) is 29.1 Å². The van der Waals surface area contributed by atoms with Crippen molar-refractivity contribution in [1.29, 1.82) is 5.26 Å². The van der Waals surface area contributed by atoms with Gasteiger partial charge < -0.3 is 26.3 Å². The van der Waals surface area contributed by atoms with Crippen LogP contribution in [0.5, 0.6) is 11.5 Å². The summed E-state index contributed by atoms with van der Waals surface area (Å²) in [5, 5.41) is 12.2. The molecular formula is C22H22N6O3. The number of anilines is 3. The molecule has 9 heteroatoms. The summed E-state index contributed by atoms with van der Waals surface area (Å²) in [5.41, 5.74) is 14.2. The molecule has 0 unspecified atom stereocenters. The Labute approximate surface area is 179 Å². The van der Waals surface area contributed by atoms with E-state index in [1.54, 1.807) is 18.2 Å². The Morgan fingerprint density at radius 2 is 1.84 bits per heavy atom. The highest BCUT2D eigenvalue weighted by atomic mass is 16.5. The van der Waals surface area contributed by atoms with Crippen LogP contribution in [0, 0.1) is 18.3 Å². The number of rotatable bonds is 7. The largest absolute Gasteiger partial charge is 0.490 e. The van der Waals surface area contributed by atoms with Crippen molar-refractivity contribution in [3.8, 4) is 28.8 Å². The quantitative estimate of drug-likeness (QED) is 0.530. The van der Waals surface area contributed by atoms with E-state index in [4.69, 9.17) is 20.9 Å². The third kappa shape index (κ3) is 5.19. The highest BCUT2D eigenvalue weighted by molar-refractivity contribution is 5.91. The van der Waals surface area contributed by atoms with E-state index in [9.17, 15) is 10.1 Å². The fourth-order valence-electron chi connectivity index (χ4n) is 2.84. The predicted octanol–water partition coefficient (Wildman–Crippen LogP) is 2.90. The van der Waals surface area contributed by atoms with Crippen LogP contribution in [0.25, 0.3) is 11.3 Å². The van der Waals surface area contributed by atoms with Crippen LogP contribution in [0.3, 0.4) is 0 Å². The van der Waals surface area contributed by atoms with Gasteiger partial charge in [0.05, 0.1) is 12.3 Å². The Morgan fingerprint density at radius 1 is 1.10 bits per heavy atom. The summed E-state index contributed by atoms with van der Waals surface area (Å²) in [6.07, 6.45) is 0. The van der Waals surface area contributed by atoms with E-state index in [2.05, 4.69) is 15.3 Å². The predicted molar refractivity (Wildman–Crippen MR) is 117 cm³/mol. The number of nitrogen functional groups attached to an aromatic ring is 2. The van der Waals surface area contributed by atoms with Crippen molar-refractivity contribution >= 4 is 23.4 Å². The van der Waals surface area contributed by atoms with Gasteiger partial charge in [-0.05, 0) is 44.2 Å². The zero-order valence-corrected chi connectivity index (χ0v) is 17.2. The van der Waals surface area contributed by atoms with Gasteiger partial charge in [0, 0.05) is 11.3 Å². The van der Waals surface area contributed by atoms with Crippen molar-refractivity contribution in [2.75, 3.05) is 30.0 Å². The molecule has 0 aliphatic rings. The summed E-state index contributed by atoms with van der Waals surface area (Å²) < 4.78 is 11.3. The number of nitrogens with one attached hydrogen (secondary N) is 1. The number of amides is 1. The van der Waals surface area contributed by atoms with E-state index in [0.717, 1.165) is 5.56 Å². The van der Waals surface area contributed by atoms with Crippen molar-refractivity contribution in [2.24, 2.45) is 0 Å². The van der Waals surface area contributed by atoms with Crippen LogP contribution in [-0.2, 0) is 4.79 Å². The second-order valence-corrected chi connectivity index (χ2v) is 6.60. The SMILES string of the molecule is CCOc1cc(-c2nc(N)nc(N)c2C#N)ccc1OCC(=O)Nc1ccc(C)cc1. The van der Waals surface area contributed by atoms with Crippen LogP contribution < -0.4 is 26.3 Å². The zero-order valence-electron chi connectivity index (χ0n) is 17.2.